The average molecular weight is 473 g/mol. The van der Waals surface area contributed by atoms with Crippen molar-refractivity contribution in [2.24, 2.45) is 0 Å². The predicted molar refractivity (Wildman–Crippen MR) is 136 cm³/mol. The molecule has 9 nitrogen and oxygen atoms in total. The van der Waals surface area contributed by atoms with Crippen LogP contribution in [0.15, 0.2) is 70.5 Å². The molecule has 0 spiro atoms. The van der Waals surface area contributed by atoms with E-state index in [1.165, 1.54) is 4.57 Å². The summed E-state index contributed by atoms with van der Waals surface area (Å²) >= 11 is 0. The quantitative estimate of drug-likeness (QED) is 0.446. The third-order valence-corrected chi connectivity index (χ3v) is 6.43. The van der Waals surface area contributed by atoms with Crippen LogP contribution < -0.4 is 21.5 Å². The molecule has 0 bridgehead atoms. The minimum absolute atomic E-state index is 0.247. The lowest BCUT2D eigenvalue weighted by molar-refractivity contribution is -0.116. The maximum atomic E-state index is 13.5. The molecular formula is C26H28N6O3. The molecule has 35 heavy (non-hydrogen) atoms. The van der Waals surface area contributed by atoms with Crippen molar-refractivity contribution in [3.8, 4) is 0 Å². The first-order chi connectivity index (χ1) is 17.1. The Bertz CT molecular complexity index is 1480. The Labute approximate surface area is 202 Å². The number of hydrogen-bond acceptors (Lipinski definition) is 5. The minimum atomic E-state index is -0.560. The van der Waals surface area contributed by atoms with Crippen molar-refractivity contribution < 1.29 is 4.79 Å². The van der Waals surface area contributed by atoms with Crippen LogP contribution in [0.1, 0.15) is 25.3 Å². The highest BCUT2D eigenvalue weighted by molar-refractivity contribution is 5.94. The zero-order valence-electron chi connectivity index (χ0n) is 19.7. The first-order valence-electron chi connectivity index (χ1n) is 11.9. The molecule has 1 fully saturated rings. The lowest BCUT2D eigenvalue weighted by Gasteiger charge is -2.21. The lowest BCUT2D eigenvalue weighted by Crippen LogP contribution is -2.43. The third-order valence-electron chi connectivity index (χ3n) is 6.43. The van der Waals surface area contributed by atoms with Crippen LogP contribution in [0.5, 0.6) is 0 Å². The Morgan fingerprint density at radius 3 is 2.43 bits per heavy atom. The van der Waals surface area contributed by atoms with E-state index in [1.54, 1.807) is 10.9 Å². The number of carbonyl (C=O) groups excluding carboxylic acids is 1. The molecule has 1 amide bonds. The average Bonchev–Trinajstić information content (AvgIpc) is 3.56. The molecule has 4 aromatic rings. The zero-order chi connectivity index (χ0) is 24.4. The van der Waals surface area contributed by atoms with E-state index in [-0.39, 0.29) is 13.1 Å². The van der Waals surface area contributed by atoms with Crippen molar-refractivity contribution in [2.75, 3.05) is 23.3 Å². The number of anilines is 2. The number of imidazole rings is 1. The molecule has 0 saturated carbocycles. The molecule has 1 aliphatic rings. The Morgan fingerprint density at radius 2 is 1.69 bits per heavy atom. The number of nitrogens with zero attached hydrogens (tertiary/aromatic N) is 5. The van der Waals surface area contributed by atoms with Crippen molar-refractivity contribution >= 4 is 28.4 Å². The molecule has 0 atom stereocenters. The molecule has 1 N–H and O–H groups in total. The van der Waals surface area contributed by atoms with Gasteiger partial charge in [0, 0.05) is 19.6 Å². The Morgan fingerprint density at radius 1 is 0.971 bits per heavy atom. The van der Waals surface area contributed by atoms with Gasteiger partial charge < -0.3 is 14.8 Å². The number of hydrogen-bond donors (Lipinski definition) is 1. The summed E-state index contributed by atoms with van der Waals surface area (Å²) < 4.78 is 4.17. The van der Waals surface area contributed by atoms with E-state index < -0.39 is 17.2 Å². The van der Waals surface area contributed by atoms with Gasteiger partial charge in [-0.15, -0.1) is 0 Å². The van der Waals surface area contributed by atoms with Crippen LogP contribution in [0.3, 0.4) is 0 Å². The van der Waals surface area contributed by atoms with Gasteiger partial charge in [0.25, 0.3) is 5.56 Å². The van der Waals surface area contributed by atoms with Gasteiger partial charge in [-0.05, 0) is 37.5 Å². The fourth-order valence-electron chi connectivity index (χ4n) is 4.67. The van der Waals surface area contributed by atoms with E-state index in [0.29, 0.717) is 23.4 Å². The molecule has 1 saturated heterocycles. The number of fused-ring (bicyclic) bond motifs is 1. The molecule has 2 aromatic heterocycles. The summed E-state index contributed by atoms with van der Waals surface area (Å²) in [5.41, 5.74) is 2.09. The van der Waals surface area contributed by atoms with Crippen LogP contribution in [-0.4, -0.2) is 37.7 Å². The van der Waals surface area contributed by atoms with E-state index in [0.717, 1.165) is 41.7 Å². The molecule has 9 heteroatoms. The normalized spacial score (nSPS) is 13.5. The molecule has 3 heterocycles. The second-order valence-electron chi connectivity index (χ2n) is 8.71. The maximum absolute atomic E-state index is 13.5. The standard InChI is InChI=1S/C26H28N6O3/c1-2-29-18-27-24-23(29)25(34)32(26(35)31(24)16-19-10-4-3-5-11-19)17-22(33)28-20-12-6-7-13-21(20)30-14-8-9-15-30/h3-7,10-13,18H,2,8-9,14-17H2,1H3,(H,28,33). The van der Waals surface area contributed by atoms with Gasteiger partial charge in [0.2, 0.25) is 5.91 Å². The van der Waals surface area contributed by atoms with Gasteiger partial charge in [-0.2, -0.15) is 0 Å². The van der Waals surface area contributed by atoms with Gasteiger partial charge in [0.1, 0.15) is 6.54 Å². The molecule has 0 radical (unpaired) electrons. The van der Waals surface area contributed by atoms with E-state index in [2.05, 4.69) is 15.2 Å². The van der Waals surface area contributed by atoms with Crippen molar-refractivity contribution in [1.29, 1.82) is 0 Å². The number of carbonyl (C=O) groups is 1. The molecular weight excluding hydrogens is 444 g/mol. The van der Waals surface area contributed by atoms with Gasteiger partial charge in [0.15, 0.2) is 11.2 Å². The topological polar surface area (TPSA) is 94.2 Å². The predicted octanol–water partition coefficient (Wildman–Crippen LogP) is 2.67. The third kappa shape index (κ3) is 4.37. The number of nitrogens with one attached hydrogen (secondary N) is 1. The Balaban J connectivity index is 1.51. The van der Waals surface area contributed by atoms with Crippen LogP contribution >= 0.6 is 0 Å². The number of para-hydroxylation sites is 2. The summed E-state index contributed by atoms with van der Waals surface area (Å²) in [5.74, 6) is -0.427. The first kappa shape index (κ1) is 22.6. The lowest BCUT2D eigenvalue weighted by atomic mass is 10.2. The highest BCUT2D eigenvalue weighted by Crippen LogP contribution is 2.28. The number of benzene rings is 2. The van der Waals surface area contributed by atoms with Crippen LogP contribution in [0.2, 0.25) is 0 Å². The summed E-state index contributed by atoms with van der Waals surface area (Å²) in [6.45, 7) is 4.16. The molecule has 0 unspecified atom stereocenters. The largest absolute Gasteiger partial charge is 0.370 e. The van der Waals surface area contributed by atoms with Gasteiger partial charge >= 0.3 is 5.69 Å². The van der Waals surface area contributed by atoms with E-state index in [4.69, 9.17) is 0 Å². The second kappa shape index (κ2) is 9.61. The zero-order valence-corrected chi connectivity index (χ0v) is 19.7. The number of aryl methyl sites for hydroxylation is 1. The van der Waals surface area contributed by atoms with Crippen LogP contribution in [0, 0.1) is 0 Å². The van der Waals surface area contributed by atoms with Crippen molar-refractivity contribution in [3.05, 3.63) is 87.3 Å². The van der Waals surface area contributed by atoms with Crippen LogP contribution in [0.25, 0.3) is 11.2 Å². The fourth-order valence-corrected chi connectivity index (χ4v) is 4.67. The molecule has 2 aromatic carbocycles. The molecule has 180 valence electrons. The number of rotatable bonds is 7. The smallest absolute Gasteiger partial charge is 0.333 e. The minimum Gasteiger partial charge on any atom is -0.370 e. The summed E-state index contributed by atoms with van der Waals surface area (Å²) in [7, 11) is 0. The van der Waals surface area contributed by atoms with E-state index in [9.17, 15) is 14.4 Å². The van der Waals surface area contributed by atoms with Crippen LogP contribution in [0.4, 0.5) is 11.4 Å². The number of amides is 1. The van der Waals surface area contributed by atoms with Gasteiger partial charge in [-0.3, -0.25) is 14.2 Å². The highest BCUT2D eigenvalue weighted by atomic mass is 16.2. The van der Waals surface area contributed by atoms with Crippen LogP contribution in [-0.2, 0) is 24.4 Å². The highest BCUT2D eigenvalue weighted by Gasteiger charge is 2.21. The second-order valence-corrected chi connectivity index (χ2v) is 8.71. The summed E-state index contributed by atoms with van der Waals surface area (Å²) in [6.07, 6.45) is 3.79. The monoisotopic (exact) mass is 472 g/mol. The number of aromatic nitrogens is 4. The van der Waals surface area contributed by atoms with Crippen molar-refractivity contribution in [1.82, 2.24) is 18.7 Å². The van der Waals surface area contributed by atoms with Crippen molar-refractivity contribution in [2.45, 2.75) is 39.4 Å². The van der Waals surface area contributed by atoms with Gasteiger partial charge in [-0.25, -0.2) is 14.3 Å². The van der Waals surface area contributed by atoms with Gasteiger partial charge in [-0.1, -0.05) is 42.5 Å². The van der Waals surface area contributed by atoms with E-state index >= 15 is 0 Å². The SMILES string of the molecule is CCn1cnc2c1c(=O)n(CC(=O)Nc1ccccc1N1CCCC1)c(=O)n2Cc1ccccc1. The summed E-state index contributed by atoms with van der Waals surface area (Å²) in [5, 5.41) is 2.92. The molecule has 1 aliphatic heterocycles. The summed E-state index contributed by atoms with van der Waals surface area (Å²) in [4.78, 5) is 46.5. The summed E-state index contributed by atoms with van der Waals surface area (Å²) in [6, 6.07) is 17.1. The fraction of sp³-hybridized carbons (Fsp3) is 0.308. The van der Waals surface area contributed by atoms with E-state index in [1.807, 2.05) is 61.5 Å². The Hall–Kier alpha value is -4.14. The first-order valence-corrected chi connectivity index (χ1v) is 11.9. The maximum Gasteiger partial charge on any atom is 0.333 e. The molecule has 5 rings (SSSR count). The molecule has 0 aliphatic carbocycles. The van der Waals surface area contributed by atoms with Crippen molar-refractivity contribution in [3.63, 3.8) is 0 Å². The Kier molecular flexibility index (Phi) is 6.22. The van der Waals surface area contributed by atoms with Gasteiger partial charge in [0.05, 0.1) is 24.2 Å².